The molecule has 1 aliphatic rings. The van der Waals surface area contributed by atoms with Crippen LogP contribution in [0.15, 0.2) is 41.5 Å². The number of pyridine rings is 1. The zero-order chi connectivity index (χ0) is 8.23. The zero-order valence-electron chi connectivity index (χ0n) is 6.77. The summed E-state index contributed by atoms with van der Waals surface area (Å²) in [7, 11) is 0. The molecule has 12 heavy (non-hydrogen) atoms. The van der Waals surface area contributed by atoms with Gasteiger partial charge in [-0.3, -0.25) is 9.98 Å². The highest BCUT2D eigenvalue weighted by molar-refractivity contribution is 6.00. The molecule has 1 aromatic rings. The van der Waals surface area contributed by atoms with E-state index in [0.717, 1.165) is 24.4 Å². The van der Waals surface area contributed by atoms with Gasteiger partial charge in [0, 0.05) is 12.6 Å². The molecule has 0 fully saturated rings. The topological polar surface area (TPSA) is 25.2 Å². The number of hydrogen-bond acceptors (Lipinski definition) is 2. The molecule has 1 aromatic heterocycles. The molecule has 0 N–H and O–H groups in total. The van der Waals surface area contributed by atoms with Gasteiger partial charge >= 0.3 is 0 Å². The van der Waals surface area contributed by atoms with Gasteiger partial charge in [-0.1, -0.05) is 18.2 Å². The Morgan fingerprint density at radius 2 is 2.17 bits per heavy atom. The molecule has 1 aliphatic heterocycles. The van der Waals surface area contributed by atoms with Crippen molar-refractivity contribution < 1.29 is 0 Å². The molecule has 0 spiro atoms. The van der Waals surface area contributed by atoms with Crippen LogP contribution in [-0.4, -0.2) is 17.2 Å². The number of hydrogen-bond donors (Lipinski definition) is 0. The molecule has 2 heterocycles. The fraction of sp³-hybridized carbons (Fsp3) is 0.200. The third-order valence-corrected chi connectivity index (χ3v) is 1.83. The Morgan fingerprint density at radius 3 is 2.83 bits per heavy atom. The summed E-state index contributed by atoms with van der Waals surface area (Å²) in [6, 6.07) is 5.91. The first kappa shape index (κ1) is 7.22. The van der Waals surface area contributed by atoms with Gasteiger partial charge in [-0.2, -0.15) is 0 Å². The van der Waals surface area contributed by atoms with E-state index >= 15 is 0 Å². The van der Waals surface area contributed by atoms with Gasteiger partial charge in [0.15, 0.2) is 0 Å². The van der Waals surface area contributed by atoms with Gasteiger partial charge in [0.05, 0.1) is 18.0 Å². The molecular weight excluding hydrogens is 148 g/mol. The van der Waals surface area contributed by atoms with E-state index in [1.165, 1.54) is 0 Å². The van der Waals surface area contributed by atoms with Gasteiger partial charge in [-0.05, 0) is 12.1 Å². The van der Waals surface area contributed by atoms with Crippen LogP contribution in [0.25, 0.3) is 0 Å². The maximum absolute atomic E-state index is 4.37. The molecular formula is C10H10N2. The smallest absolute Gasteiger partial charge is 0.0843 e. The summed E-state index contributed by atoms with van der Waals surface area (Å²) < 4.78 is 0. The fourth-order valence-electron chi connectivity index (χ4n) is 1.22. The standard InChI is InChI=1S/C10H10N2/c1-3-7-11-9(5-1)10-6-2-4-8-12-10/h1-5,7H,6,8H2. The van der Waals surface area contributed by atoms with Crippen LogP contribution in [0, 0.1) is 0 Å². The van der Waals surface area contributed by atoms with Crippen molar-refractivity contribution in [3.63, 3.8) is 0 Å². The normalized spacial score (nSPS) is 15.8. The zero-order valence-corrected chi connectivity index (χ0v) is 6.77. The van der Waals surface area contributed by atoms with Crippen molar-refractivity contribution in [1.82, 2.24) is 4.98 Å². The first-order valence-electron chi connectivity index (χ1n) is 4.06. The molecule has 0 amide bonds. The Kier molecular flexibility index (Phi) is 1.99. The van der Waals surface area contributed by atoms with E-state index in [2.05, 4.69) is 22.1 Å². The predicted octanol–water partition coefficient (Wildman–Crippen LogP) is 1.83. The minimum atomic E-state index is 0.798. The second-order valence-electron chi connectivity index (χ2n) is 2.68. The number of rotatable bonds is 1. The lowest BCUT2D eigenvalue weighted by Gasteiger charge is -2.05. The maximum atomic E-state index is 4.37. The SMILES string of the molecule is C1=CCC(c2ccccn2)=NC1. The van der Waals surface area contributed by atoms with Crippen molar-refractivity contribution in [1.29, 1.82) is 0 Å². The highest BCUT2D eigenvalue weighted by Gasteiger charge is 2.03. The summed E-state index contributed by atoms with van der Waals surface area (Å²) in [4.78, 5) is 8.60. The van der Waals surface area contributed by atoms with E-state index in [9.17, 15) is 0 Å². The second-order valence-corrected chi connectivity index (χ2v) is 2.68. The van der Waals surface area contributed by atoms with Crippen molar-refractivity contribution in [3.8, 4) is 0 Å². The summed E-state index contributed by atoms with van der Waals surface area (Å²) in [5, 5.41) is 0. The average Bonchev–Trinajstić information content (AvgIpc) is 2.21. The number of nitrogens with zero attached hydrogens (tertiary/aromatic N) is 2. The summed E-state index contributed by atoms with van der Waals surface area (Å²) in [6.07, 6.45) is 6.93. The Morgan fingerprint density at radius 1 is 1.17 bits per heavy atom. The summed E-state index contributed by atoms with van der Waals surface area (Å²) >= 11 is 0. The van der Waals surface area contributed by atoms with E-state index in [1.54, 1.807) is 6.20 Å². The van der Waals surface area contributed by atoms with E-state index in [1.807, 2.05) is 18.2 Å². The number of dihydropyridines is 1. The number of aliphatic imine (C=N–C) groups is 1. The lowest BCUT2D eigenvalue weighted by Crippen LogP contribution is -2.05. The van der Waals surface area contributed by atoms with Crippen molar-refractivity contribution in [2.24, 2.45) is 4.99 Å². The van der Waals surface area contributed by atoms with Crippen molar-refractivity contribution in [3.05, 3.63) is 42.2 Å². The third kappa shape index (κ3) is 1.42. The van der Waals surface area contributed by atoms with Gasteiger partial charge in [-0.25, -0.2) is 0 Å². The largest absolute Gasteiger partial charge is 0.283 e. The maximum Gasteiger partial charge on any atom is 0.0843 e. The van der Waals surface area contributed by atoms with Gasteiger partial charge in [0.2, 0.25) is 0 Å². The summed E-state index contributed by atoms with van der Waals surface area (Å²) in [5.41, 5.74) is 2.10. The van der Waals surface area contributed by atoms with Crippen LogP contribution in [0.4, 0.5) is 0 Å². The first-order chi connectivity index (χ1) is 5.97. The van der Waals surface area contributed by atoms with Crippen LogP contribution in [0.3, 0.4) is 0 Å². The Balaban J connectivity index is 2.26. The summed E-state index contributed by atoms with van der Waals surface area (Å²) in [6.45, 7) is 0.798. The molecule has 0 atom stereocenters. The Hall–Kier alpha value is -1.44. The highest BCUT2D eigenvalue weighted by Crippen LogP contribution is 2.05. The molecule has 0 radical (unpaired) electrons. The molecule has 2 rings (SSSR count). The lowest BCUT2D eigenvalue weighted by atomic mass is 10.1. The molecule has 0 aliphatic carbocycles. The van der Waals surface area contributed by atoms with Crippen molar-refractivity contribution in [2.45, 2.75) is 6.42 Å². The van der Waals surface area contributed by atoms with Crippen LogP contribution in [-0.2, 0) is 0 Å². The average molecular weight is 158 g/mol. The van der Waals surface area contributed by atoms with E-state index in [0.29, 0.717) is 0 Å². The van der Waals surface area contributed by atoms with E-state index < -0.39 is 0 Å². The van der Waals surface area contributed by atoms with Gasteiger partial charge in [0.25, 0.3) is 0 Å². The molecule has 0 saturated heterocycles. The highest BCUT2D eigenvalue weighted by atomic mass is 14.8. The van der Waals surface area contributed by atoms with Gasteiger partial charge in [-0.15, -0.1) is 0 Å². The molecule has 0 aromatic carbocycles. The lowest BCUT2D eigenvalue weighted by molar-refractivity contribution is 1.14. The van der Waals surface area contributed by atoms with Crippen LogP contribution < -0.4 is 0 Å². The predicted molar refractivity (Wildman–Crippen MR) is 49.4 cm³/mol. The van der Waals surface area contributed by atoms with Crippen molar-refractivity contribution >= 4 is 5.71 Å². The fourth-order valence-corrected chi connectivity index (χ4v) is 1.22. The van der Waals surface area contributed by atoms with Crippen molar-refractivity contribution in [2.75, 3.05) is 6.54 Å². The van der Waals surface area contributed by atoms with Crippen LogP contribution in [0.1, 0.15) is 12.1 Å². The van der Waals surface area contributed by atoms with Gasteiger partial charge in [0.1, 0.15) is 0 Å². The molecule has 0 bridgehead atoms. The molecule has 0 saturated carbocycles. The third-order valence-electron chi connectivity index (χ3n) is 1.83. The van der Waals surface area contributed by atoms with E-state index in [-0.39, 0.29) is 0 Å². The van der Waals surface area contributed by atoms with Crippen LogP contribution >= 0.6 is 0 Å². The Labute approximate surface area is 71.7 Å². The Bertz CT molecular complexity index is 312. The molecule has 2 heteroatoms. The van der Waals surface area contributed by atoms with Crippen LogP contribution in [0.2, 0.25) is 0 Å². The molecule has 60 valence electrons. The minimum Gasteiger partial charge on any atom is -0.283 e. The first-order valence-corrected chi connectivity index (χ1v) is 4.06. The second kappa shape index (κ2) is 3.30. The monoisotopic (exact) mass is 158 g/mol. The van der Waals surface area contributed by atoms with E-state index in [4.69, 9.17) is 0 Å². The van der Waals surface area contributed by atoms with Gasteiger partial charge < -0.3 is 0 Å². The quantitative estimate of drug-likeness (QED) is 0.572. The minimum absolute atomic E-state index is 0.798. The summed E-state index contributed by atoms with van der Waals surface area (Å²) in [5.74, 6) is 0. The van der Waals surface area contributed by atoms with Crippen LogP contribution in [0.5, 0.6) is 0 Å². The molecule has 2 nitrogen and oxygen atoms in total. The molecule has 0 unspecified atom stereocenters. The number of allylic oxidation sites excluding steroid dienone is 1. The number of aromatic nitrogens is 1.